The first kappa shape index (κ1) is 10.1. The minimum Gasteiger partial charge on any atom is -0.302 e. The predicted octanol–water partition coefficient (Wildman–Crippen LogP) is 1.49. The molecule has 0 aliphatic heterocycles. The van der Waals surface area contributed by atoms with Gasteiger partial charge in [0, 0.05) is 9.35 Å². The average Bonchev–Trinajstić information content (AvgIpc) is 2.31. The number of sulfonamides is 1. The first-order chi connectivity index (χ1) is 5.47. The van der Waals surface area contributed by atoms with Crippen molar-refractivity contribution in [3.8, 4) is 0 Å². The van der Waals surface area contributed by atoms with Gasteiger partial charge in [-0.05, 0) is 28.9 Å². The Hall–Kier alpha value is 0.0500. The van der Waals surface area contributed by atoms with Crippen LogP contribution < -0.4 is 4.89 Å². The van der Waals surface area contributed by atoms with Gasteiger partial charge in [-0.2, -0.15) is 0 Å². The maximum Gasteiger partial charge on any atom is 0.272 e. The molecule has 0 atom stereocenters. The fraction of sp³-hybridized carbons (Fsp3) is 0.200. The van der Waals surface area contributed by atoms with Gasteiger partial charge in [-0.25, -0.2) is 8.42 Å². The molecule has 0 unspecified atom stereocenters. The smallest absolute Gasteiger partial charge is 0.272 e. The summed E-state index contributed by atoms with van der Waals surface area (Å²) in [4.78, 5) is 2.12. The maximum absolute atomic E-state index is 11.1. The fourth-order valence-electron chi connectivity index (χ4n) is 0.686. The molecule has 4 nitrogen and oxygen atoms in total. The van der Waals surface area contributed by atoms with E-state index in [1.54, 1.807) is 13.0 Å². The molecule has 0 fully saturated rings. The van der Waals surface area contributed by atoms with Crippen molar-refractivity contribution >= 4 is 37.3 Å². The van der Waals surface area contributed by atoms with E-state index in [2.05, 4.69) is 15.9 Å². The van der Waals surface area contributed by atoms with Crippen molar-refractivity contribution in [3.05, 3.63) is 15.4 Å². The molecule has 1 aromatic rings. The summed E-state index contributed by atoms with van der Waals surface area (Å²) in [6.07, 6.45) is 0. The molecule has 1 heterocycles. The van der Waals surface area contributed by atoms with Gasteiger partial charge in [0.15, 0.2) is 4.21 Å². The van der Waals surface area contributed by atoms with Crippen LogP contribution >= 0.6 is 27.3 Å². The van der Waals surface area contributed by atoms with E-state index < -0.39 is 10.0 Å². The average molecular weight is 272 g/mol. The molecule has 12 heavy (non-hydrogen) atoms. The third kappa shape index (κ3) is 1.86. The van der Waals surface area contributed by atoms with E-state index >= 15 is 0 Å². The molecule has 0 amide bonds. The second kappa shape index (κ2) is 3.43. The van der Waals surface area contributed by atoms with Gasteiger partial charge in [0.1, 0.15) is 0 Å². The van der Waals surface area contributed by atoms with Crippen LogP contribution in [0.3, 0.4) is 0 Å². The second-order valence-electron chi connectivity index (χ2n) is 2.09. The van der Waals surface area contributed by atoms with Gasteiger partial charge in [0.2, 0.25) is 0 Å². The lowest BCUT2D eigenvalue weighted by Crippen LogP contribution is -2.18. The molecule has 1 rings (SSSR count). The van der Waals surface area contributed by atoms with Crippen LogP contribution in [0.4, 0.5) is 0 Å². The highest BCUT2D eigenvalue weighted by molar-refractivity contribution is 9.10. The molecule has 0 aromatic carbocycles. The summed E-state index contributed by atoms with van der Waals surface area (Å²) in [5.74, 6) is 0. The van der Waals surface area contributed by atoms with E-state index in [0.29, 0.717) is 4.47 Å². The lowest BCUT2D eigenvalue weighted by molar-refractivity contribution is 0.243. The summed E-state index contributed by atoms with van der Waals surface area (Å²) in [5.41, 5.74) is 0. The van der Waals surface area contributed by atoms with Crippen molar-refractivity contribution in [1.82, 2.24) is 4.89 Å². The Bertz CT molecular complexity index is 383. The van der Waals surface area contributed by atoms with Crippen LogP contribution in [0.15, 0.2) is 14.7 Å². The third-order valence-corrected chi connectivity index (χ3v) is 5.00. The Kier molecular flexibility index (Phi) is 2.89. The molecule has 0 saturated carbocycles. The quantitative estimate of drug-likeness (QED) is 0.801. The van der Waals surface area contributed by atoms with Crippen molar-refractivity contribution < 1.29 is 13.6 Å². The molecule has 1 aromatic heterocycles. The Labute approximate surface area is 82.4 Å². The van der Waals surface area contributed by atoms with Crippen LogP contribution in [-0.2, 0) is 10.0 Å². The summed E-state index contributed by atoms with van der Waals surface area (Å²) in [5, 5.41) is 8.33. The van der Waals surface area contributed by atoms with Crippen molar-refractivity contribution in [1.29, 1.82) is 0 Å². The van der Waals surface area contributed by atoms with Crippen LogP contribution in [0.25, 0.3) is 0 Å². The first-order valence-corrected chi connectivity index (χ1v) is 5.98. The number of hydrogen-bond acceptors (Lipinski definition) is 4. The van der Waals surface area contributed by atoms with Crippen LogP contribution in [0.2, 0.25) is 0 Å². The van der Waals surface area contributed by atoms with Crippen molar-refractivity contribution in [2.75, 3.05) is 0 Å². The lowest BCUT2D eigenvalue weighted by atomic mass is 10.5. The molecule has 0 bridgehead atoms. The molecule has 0 spiro atoms. The van der Waals surface area contributed by atoms with Crippen molar-refractivity contribution in [2.24, 2.45) is 0 Å². The fourth-order valence-corrected chi connectivity index (χ4v) is 4.03. The Balaban J connectivity index is 3.29. The molecule has 7 heteroatoms. The largest absolute Gasteiger partial charge is 0.302 e. The van der Waals surface area contributed by atoms with E-state index in [4.69, 9.17) is 5.21 Å². The Morgan fingerprint density at radius 1 is 1.67 bits per heavy atom. The van der Waals surface area contributed by atoms with E-state index in [-0.39, 0.29) is 4.21 Å². The second-order valence-corrected chi connectivity index (χ2v) is 6.05. The minimum absolute atomic E-state index is 0.0856. The zero-order valence-electron chi connectivity index (χ0n) is 6.04. The molecule has 0 saturated heterocycles. The number of thiophene rings is 1. The number of aryl methyl sites for hydroxylation is 1. The molecule has 68 valence electrons. The highest BCUT2D eigenvalue weighted by atomic mass is 79.9. The van der Waals surface area contributed by atoms with Crippen LogP contribution in [0.1, 0.15) is 4.88 Å². The molecule has 0 aliphatic carbocycles. The SMILES string of the molecule is Cc1cc(Br)c(S(=O)(=O)NO)s1. The predicted molar refractivity (Wildman–Crippen MR) is 48.9 cm³/mol. The minimum atomic E-state index is -3.73. The van der Waals surface area contributed by atoms with E-state index in [1.807, 2.05) is 0 Å². The van der Waals surface area contributed by atoms with Gasteiger partial charge in [0.25, 0.3) is 10.0 Å². The summed E-state index contributed by atoms with van der Waals surface area (Å²) < 4.78 is 22.7. The summed E-state index contributed by atoms with van der Waals surface area (Å²) in [6.45, 7) is 1.78. The van der Waals surface area contributed by atoms with E-state index in [9.17, 15) is 8.42 Å². The highest BCUT2D eigenvalue weighted by Crippen LogP contribution is 2.30. The Morgan fingerprint density at radius 3 is 2.58 bits per heavy atom. The van der Waals surface area contributed by atoms with Gasteiger partial charge in [-0.1, -0.05) is 4.89 Å². The Morgan fingerprint density at radius 2 is 2.25 bits per heavy atom. The number of rotatable bonds is 2. The summed E-state index contributed by atoms with van der Waals surface area (Å²) >= 11 is 4.16. The topological polar surface area (TPSA) is 66.4 Å². The third-order valence-electron chi connectivity index (χ3n) is 1.14. The molecule has 0 aliphatic rings. The van der Waals surface area contributed by atoms with E-state index in [1.165, 1.54) is 4.89 Å². The molecule has 2 N–H and O–H groups in total. The van der Waals surface area contributed by atoms with Crippen LogP contribution in [-0.4, -0.2) is 13.6 Å². The van der Waals surface area contributed by atoms with Crippen molar-refractivity contribution in [2.45, 2.75) is 11.1 Å². The summed E-state index contributed by atoms with van der Waals surface area (Å²) in [6, 6.07) is 1.68. The molecular formula is C5H6BrNO3S2. The number of nitrogens with one attached hydrogen (secondary N) is 1. The zero-order chi connectivity index (χ0) is 9.35. The number of hydrogen-bond donors (Lipinski definition) is 2. The highest BCUT2D eigenvalue weighted by Gasteiger charge is 2.18. The van der Waals surface area contributed by atoms with Gasteiger partial charge >= 0.3 is 0 Å². The first-order valence-electron chi connectivity index (χ1n) is 2.89. The maximum atomic E-state index is 11.1. The molecule has 0 radical (unpaired) electrons. The van der Waals surface area contributed by atoms with Crippen LogP contribution in [0.5, 0.6) is 0 Å². The van der Waals surface area contributed by atoms with E-state index in [0.717, 1.165) is 16.2 Å². The van der Waals surface area contributed by atoms with Gasteiger partial charge < -0.3 is 5.21 Å². The standard InChI is InChI=1S/C5H6BrNO3S2/c1-3-2-4(6)5(11-3)12(9,10)7-8/h2,7-8H,1H3. The van der Waals surface area contributed by atoms with Gasteiger partial charge in [-0.15, -0.1) is 11.3 Å². The monoisotopic (exact) mass is 271 g/mol. The summed E-state index contributed by atoms with van der Waals surface area (Å²) in [7, 11) is -3.73. The van der Waals surface area contributed by atoms with Gasteiger partial charge in [-0.3, -0.25) is 0 Å². The molecular weight excluding hydrogens is 266 g/mol. The van der Waals surface area contributed by atoms with Crippen LogP contribution in [0, 0.1) is 6.92 Å². The van der Waals surface area contributed by atoms with Gasteiger partial charge in [0.05, 0.1) is 0 Å². The number of halogens is 1. The normalized spacial score (nSPS) is 11.9. The van der Waals surface area contributed by atoms with Crippen molar-refractivity contribution in [3.63, 3.8) is 0 Å². The zero-order valence-corrected chi connectivity index (χ0v) is 9.25. The lowest BCUT2D eigenvalue weighted by Gasteiger charge is -1.96.